The number of thioether (sulfide) groups is 1. The van der Waals surface area contributed by atoms with E-state index in [9.17, 15) is 9.59 Å². The van der Waals surface area contributed by atoms with Crippen LogP contribution in [0.2, 0.25) is 0 Å². The van der Waals surface area contributed by atoms with Crippen LogP contribution in [0.1, 0.15) is 47.3 Å². The number of nitrogens with one attached hydrogen (secondary N) is 2. The molecule has 1 aliphatic carbocycles. The van der Waals surface area contributed by atoms with Crippen LogP contribution in [0.5, 0.6) is 0 Å². The standard InChI is InChI=1S/C22H27N5O2S3/c1-22(2,3)14-7-8-15-13(10-14)11-17(32-15)20(29)25-23-18(28)12-31-21-26-24-19(27(21)4)16-6-5-9-30-16/h5-6,9,11,14H,7-8,10,12H2,1-4H3,(H,23,28)(H,25,29). The van der Waals surface area contributed by atoms with E-state index in [0.717, 1.165) is 30.0 Å². The van der Waals surface area contributed by atoms with Crippen molar-refractivity contribution in [1.29, 1.82) is 0 Å². The van der Waals surface area contributed by atoms with E-state index >= 15 is 0 Å². The summed E-state index contributed by atoms with van der Waals surface area (Å²) >= 11 is 4.40. The second-order valence-electron chi connectivity index (χ2n) is 9.00. The molecule has 2 N–H and O–H groups in total. The van der Waals surface area contributed by atoms with Gasteiger partial charge in [-0.3, -0.25) is 20.4 Å². The lowest BCUT2D eigenvalue weighted by molar-refractivity contribution is -0.119. The number of thiophene rings is 2. The highest BCUT2D eigenvalue weighted by molar-refractivity contribution is 7.99. The molecule has 0 saturated heterocycles. The molecule has 0 fully saturated rings. The highest BCUT2D eigenvalue weighted by Gasteiger charge is 2.30. The van der Waals surface area contributed by atoms with E-state index in [2.05, 4.69) is 41.8 Å². The van der Waals surface area contributed by atoms with Crippen LogP contribution in [0.4, 0.5) is 0 Å². The van der Waals surface area contributed by atoms with Gasteiger partial charge in [0.05, 0.1) is 15.5 Å². The molecule has 2 amide bonds. The zero-order valence-electron chi connectivity index (χ0n) is 18.6. The summed E-state index contributed by atoms with van der Waals surface area (Å²) in [6.45, 7) is 6.83. The first-order chi connectivity index (χ1) is 15.2. The van der Waals surface area contributed by atoms with Gasteiger partial charge in [-0.15, -0.1) is 32.9 Å². The first-order valence-corrected chi connectivity index (χ1v) is 13.2. The molecule has 3 aromatic rings. The van der Waals surface area contributed by atoms with Crippen LogP contribution < -0.4 is 10.9 Å². The normalized spacial score (nSPS) is 15.9. The Balaban J connectivity index is 1.28. The second kappa shape index (κ2) is 9.36. The van der Waals surface area contributed by atoms with Crippen molar-refractivity contribution in [2.75, 3.05) is 5.75 Å². The van der Waals surface area contributed by atoms with Crippen LogP contribution in [-0.4, -0.2) is 32.3 Å². The number of carbonyl (C=O) groups excluding carboxylic acids is 2. The molecule has 0 saturated carbocycles. The van der Waals surface area contributed by atoms with E-state index < -0.39 is 0 Å². The predicted molar refractivity (Wildman–Crippen MR) is 130 cm³/mol. The Labute approximate surface area is 200 Å². The minimum Gasteiger partial charge on any atom is -0.304 e. The molecule has 1 unspecified atom stereocenters. The maximum absolute atomic E-state index is 12.6. The minimum atomic E-state index is -0.293. The number of hydrogen-bond donors (Lipinski definition) is 2. The molecule has 32 heavy (non-hydrogen) atoms. The number of aromatic nitrogens is 3. The first-order valence-electron chi connectivity index (χ1n) is 10.5. The fourth-order valence-corrected chi connectivity index (χ4v) is 6.35. The number of hydrogen-bond acceptors (Lipinski definition) is 7. The van der Waals surface area contributed by atoms with Gasteiger partial charge in [-0.2, -0.15) is 0 Å². The average Bonchev–Trinajstić information content (AvgIpc) is 3.48. The van der Waals surface area contributed by atoms with Crippen LogP contribution in [0.15, 0.2) is 28.7 Å². The second-order valence-corrected chi connectivity index (χ2v) is 12.0. The van der Waals surface area contributed by atoms with Crippen molar-refractivity contribution in [1.82, 2.24) is 25.6 Å². The molecule has 0 spiro atoms. The van der Waals surface area contributed by atoms with E-state index in [4.69, 9.17) is 0 Å². The van der Waals surface area contributed by atoms with Crippen molar-refractivity contribution >= 4 is 46.2 Å². The molecule has 3 heterocycles. The third-order valence-electron chi connectivity index (χ3n) is 5.76. The summed E-state index contributed by atoms with van der Waals surface area (Å²) in [5, 5.41) is 11.0. The first kappa shape index (κ1) is 23.0. The number of hydrazine groups is 1. The van der Waals surface area contributed by atoms with E-state index in [1.54, 1.807) is 11.3 Å². The third kappa shape index (κ3) is 5.07. The highest BCUT2D eigenvalue weighted by atomic mass is 32.2. The fourth-order valence-electron chi connectivity index (χ4n) is 3.79. The van der Waals surface area contributed by atoms with Gasteiger partial charge >= 0.3 is 0 Å². The number of fused-ring (bicyclic) bond motifs is 1. The molecule has 7 nitrogen and oxygen atoms in total. The summed E-state index contributed by atoms with van der Waals surface area (Å²) in [7, 11) is 1.87. The summed E-state index contributed by atoms with van der Waals surface area (Å²) in [6, 6.07) is 5.93. The summed E-state index contributed by atoms with van der Waals surface area (Å²) in [5.74, 6) is 0.960. The molecule has 4 rings (SSSR count). The highest BCUT2D eigenvalue weighted by Crippen LogP contribution is 2.40. The molecule has 0 bridgehead atoms. The van der Waals surface area contributed by atoms with Crippen LogP contribution in [0.25, 0.3) is 10.7 Å². The topological polar surface area (TPSA) is 88.9 Å². The Morgan fingerprint density at radius 2 is 2.09 bits per heavy atom. The monoisotopic (exact) mass is 489 g/mol. The largest absolute Gasteiger partial charge is 0.304 e. The molecular formula is C22H27N5O2S3. The van der Waals surface area contributed by atoms with Gasteiger partial charge in [0.25, 0.3) is 5.91 Å². The summed E-state index contributed by atoms with van der Waals surface area (Å²) < 4.78 is 1.86. The summed E-state index contributed by atoms with van der Waals surface area (Å²) in [4.78, 5) is 27.8. The van der Waals surface area contributed by atoms with Gasteiger partial charge in [0.15, 0.2) is 11.0 Å². The lowest BCUT2D eigenvalue weighted by atomic mass is 9.72. The Kier molecular flexibility index (Phi) is 6.73. The van der Waals surface area contributed by atoms with Crippen molar-refractivity contribution in [2.24, 2.45) is 18.4 Å². The van der Waals surface area contributed by atoms with E-state index in [1.807, 2.05) is 35.2 Å². The number of carbonyl (C=O) groups is 2. The van der Waals surface area contributed by atoms with Gasteiger partial charge in [0.2, 0.25) is 5.91 Å². The van der Waals surface area contributed by atoms with Crippen molar-refractivity contribution in [2.45, 2.75) is 45.2 Å². The fraction of sp³-hybridized carbons (Fsp3) is 0.455. The summed E-state index contributed by atoms with van der Waals surface area (Å²) in [6.07, 6.45) is 3.18. The van der Waals surface area contributed by atoms with Crippen molar-refractivity contribution in [3.8, 4) is 10.7 Å². The molecule has 1 aliphatic rings. The van der Waals surface area contributed by atoms with Gasteiger partial charge < -0.3 is 4.57 Å². The Hall–Kier alpha value is -2.17. The zero-order chi connectivity index (χ0) is 22.9. The molecule has 1 atom stereocenters. The van der Waals surface area contributed by atoms with Gasteiger partial charge in [0.1, 0.15) is 0 Å². The quantitative estimate of drug-likeness (QED) is 0.412. The average molecular weight is 490 g/mol. The van der Waals surface area contributed by atoms with Crippen LogP contribution in [0.3, 0.4) is 0 Å². The molecule has 0 aromatic carbocycles. The van der Waals surface area contributed by atoms with Gasteiger partial charge in [-0.05, 0) is 53.7 Å². The van der Waals surface area contributed by atoms with Crippen molar-refractivity contribution in [3.63, 3.8) is 0 Å². The number of aryl methyl sites for hydroxylation is 1. The predicted octanol–water partition coefficient (Wildman–Crippen LogP) is 4.31. The van der Waals surface area contributed by atoms with Gasteiger partial charge in [-0.1, -0.05) is 38.6 Å². The third-order valence-corrected chi connectivity index (χ3v) is 8.88. The maximum Gasteiger partial charge on any atom is 0.279 e. The van der Waals surface area contributed by atoms with Crippen molar-refractivity contribution in [3.05, 3.63) is 38.9 Å². The Morgan fingerprint density at radius 3 is 2.81 bits per heavy atom. The molecule has 3 aromatic heterocycles. The van der Waals surface area contributed by atoms with Crippen LogP contribution in [0, 0.1) is 11.3 Å². The van der Waals surface area contributed by atoms with Gasteiger partial charge in [0, 0.05) is 11.9 Å². The summed E-state index contributed by atoms with van der Waals surface area (Å²) in [5.41, 5.74) is 6.60. The number of rotatable bonds is 5. The lowest BCUT2D eigenvalue weighted by Gasteiger charge is -2.33. The Morgan fingerprint density at radius 1 is 1.28 bits per heavy atom. The molecule has 0 aliphatic heterocycles. The lowest BCUT2D eigenvalue weighted by Crippen LogP contribution is -2.42. The molecule has 170 valence electrons. The van der Waals surface area contributed by atoms with E-state index in [1.165, 1.54) is 33.5 Å². The van der Waals surface area contributed by atoms with Crippen LogP contribution in [-0.2, 0) is 24.7 Å². The number of amides is 2. The van der Waals surface area contributed by atoms with E-state index in [0.29, 0.717) is 16.0 Å². The Bertz CT molecular complexity index is 1110. The van der Waals surface area contributed by atoms with Crippen molar-refractivity contribution < 1.29 is 9.59 Å². The smallest absolute Gasteiger partial charge is 0.279 e. The molecular weight excluding hydrogens is 462 g/mol. The maximum atomic E-state index is 12.6. The van der Waals surface area contributed by atoms with Crippen LogP contribution >= 0.6 is 34.4 Å². The van der Waals surface area contributed by atoms with Gasteiger partial charge in [-0.25, -0.2) is 0 Å². The SMILES string of the molecule is Cn1c(SCC(=O)NNC(=O)c2cc3c(s2)CCC(C(C)(C)C)C3)nnc1-c1cccs1. The van der Waals surface area contributed by atoms with E-state index in [-0.39, 0.29) is 23.0 Å². The zero-order valence-corrected chi connectivity index (χ0v) is 21.0. The molecule has 0 radical (unpaired) electrons. The minimum absolute atomic E-state index is 0.130. The number of nitrogens with zero attached hydrogens (tertiary/aromatic N) is 3. The molecule has 10 heteroatoms.